The van der Waals surface area contributed by atoms with Gasteiger partial charge >= 0.3 is 5.97 Å². The second-order valence-corrected chi connectivity index (χ2v) is 5.99. The van der Waals surface area contributed by atoms with Crippen LogP contribution in [0.15, 0.2) is 48.5 Å². The lowest BCUT2D eigenvalue weighted by molar-refractivity contribution is -0.139. The largest absolute Gasteiger partial charge is 0.481 e. The minimum Gasteiger partial charge on any atom is -0.481 e. The molecular formula is C18H16O3. The van der Waals surface area contributed by atoms with Gasteiger partial charge in [0, 0.05) is 5.41 Å². The predicted octanol–water partition coefficient (Wildman–Crippen LogP) is 3.77. The van der Waals surface area contributed by atoms with E-state index in [2.05, 4.69) is 12.1 Å². The Hall–Kier alpha value is -2.29. The highest BCUT2D eigenvalue weighted by atomic mass is 16.5. The fourth-order valence-electron chi connectivity index (χ4n) is 3.65. The van der Waals surface area contributed by atoms with E-state index in [1.54, 1.807) is 0 Å². The van der Waals surface area contributed by atoms with Gasteiger partial charge in [-0.05, 0) is 54.7 Å². The summed E-state index contributed by atoms with van der Waals surface area (Å²) in [6, 6.07) is 15.8. The molecule has 4 rings (SSSR count). The number of fused-ring (bicyclic) bond motifs is 2. The molecule has 106 valence electrons. The van der Waals surface area contributed by atoms with Crippen molar-refractivity contribution in [3.05, 3.63) is 59.7 Å². The average Bonchev–Trinajstić information content (AvgIpc) is 3.12. The third-order valence-corrected chi connectivity index (χ3v) is 4.81. The van der Waals surface area contributed by atoms with Crippen LogP contribution in [-0.2, 0) is 16.6 Å². The lowest BCUT2D eigenvalue weighted by Gasteiger charge is -2.11. The Balaban J connectivity index is 1.61. The molecule has 2 aliphatic carbocycles. The minimum atomic E-state index is -0.660. The van der Waals surface area contributed by atoms with Gasteiger partial charge in [0.2, 0.25) is 0 Å². The molecule has 1 N–H and O–H groups in total. The molecule has 0 saturated heterocycles. The Morgan fingerprint density at radius 3 is 2.67 bits per heavy atom. The van der Waals surface area contributed by atoms with E-state index in [1.165, 1.54) is 11.1 Å². The molecule has 3 heteroatoms. The van der Waals surface area contributed by atoms with Gasteiger partial charge in [-0.1, -0.05) is 24.3 Å². The van der Waals surface area contributed by atoms with Gasteiger partial charge in [-0.15, -0.1) is 0 Å². The fraction of sp³-hybridized carbons (Fsp3) is 0.278. The van der Waals surface area contributed by atoms with Gasteiger partial charge in [0.1, 0.15) is 11.5 Å². The Morgan fingerprint density at radius 2 is 1.95 bits per heavy atom. The first-order chi connectivity index (χ1) is 10.2. The van der Waals surface area contributed by atoms with Gasteiger partial charge < -0.3 is 9.84 Å². The maximum atomic E-state index is 11.2. The van der Waals surface area contributed by atoms with Gasteiger partial charge in [-0.2, -0.15) is 0 Å². The number of carboxylic acids is 1. The zero-order chi connectivity index (χ0) is 14.4. The number of carboxylic acid groups (broad SMARTS) is 1. The highest BCUT2D eigenvalue weighted by Gasteiger charge is 2.61. The quantitative estimate of drug-likeness (QED) is 0.931. The van der Waals surface area contributed by atoms with Crippen LogP contribution in [0.5, 0.6) is 11.5 Å². The molecule has 0 aliphatic heterocycles. The van der Waals surface area contributed by atoms with E-state index in [4.69, 9.17) is 4.74 Å². The number of para-hydroxylation sites is 1. The molecule has 0 heterocycles. The molecule has 0 aromatic heterocycles. The average molecular weight is 280 g/mol. The van der Waals surface area contributed by atoms with E-state index in [1.807, 2.05) is 36.4 Å². The smallest absolute Gasteiger partial charge is 0.307 e. The van der Waals surface area contributed by atoms with Crippen molar-refractivity contribution in [2.24, 2.45) is 5.92 Å². The Morgan fingerprint density at radius 1 is 1.14 bits per heavy atom. The number of benzene rings is 2. The van der Waals surface area contributed by atoms with Crippen molar-refractivity contribution in [1.82, 2.24) is 0 Å². The number of carbonyl (C=O) groups is 1. The van der Waals surface area contributed by atoms with E-state index in [0.717, 1.165) is 30.8 Å². The van der Waals surface area contributed by atoms with Crippen LogP contribution in [0.2, 0.25) is 0 Å². The first-order valence-electron chi connectivity index (χ1n) is 7.28. The van der Waals surface area contributed by atoms with Crippen LogP contribution < -0.4 is 4.74 Å². The normalized spacial score (nSPS) is 25.6. The van der Waals surface area contributed by atoms with Crippen LogP contribution in [0, 0.1) is 5.92 Å². The van der Waals surface area contributed by atoms with E-state index in [9.17, 15) is 9.90 Å². The standard InChI is InChI=1S/C18H16O3/c19-17(20)16-11-18(16)9-8-12-10-14(6-7-15(12)18)21-13-4-2-1-3-5-13/h1-7,10,16H,8-9,11H2,(H,19,20)/t16-,18-/m0/s1. The second kappa shape index (κ2) is 4.35. The molecule has 21 heavy (non-hydrogen) atoms. The molecule has 2 atom stereocenters. The van der Waals surface area contributed by atoms with Crippen molar-refractivity contribution in [1.29, 1.82) is 0 Å². The molecule has 0 unspecified atom stereocenters. The summed E-state index contributed by atoms with van der Waals surface area (Å²) in [5, 5.41) is 9.23. The maximum absolute atomic E-state index is 11.2. The van der Waals surface area contributed by atoms with Crippen molar-refractivity contribution in [2.75, 3.05) is 0 Å². The van der Waals surface area contributed by atoms with Gasteiger partial charge in [0.15, 0.2) is 0 Å². The van der Waals surface area contributed by atoms with Crippen LogP contribution in [0.4, 0.5) is 0 Å². The van der Waals surface area contributed by atoms with Crippen molar-refractivity contribution in [3.63, 3.8) is 0 Å². The van der Waals surface area contributed by atoms with Gasteiger partial charge in [0.25, 0.3) is 0 Å². The molecule has 1 fully saturated rings. The number of hydrogen-bond donors (Lipinski definition) is 1. The molecule has 0 amide bonds. The molecule has 3 nitrogen and oxygen atoms in total. The lowest BCUT2D eigenvalue weighted by Crippen LogP contribution is -2.11. The highest BCUT2D eigenvalue weighted by Crippen LogP contribution is 2.61. The summed E-state index contributed by atoms with van der Waals surface area (Å²) in [4.78, 5) is 11.2. The van der Waals surface area contributed by atoms with E-state index in [0.29, 0.717) is 0 Å². The van der Waals surface area contributed by atoms with Crippen LogP contribution in [0.3, 0.4) is 0 Å². The number of hydrogen-bond acceptors (Lipinski definition) is 2. The van der Waals surface area contributed by atoms with Crippen LogP contribution in [0.1, 0.15) is 24.0 Å². The van der Waals surface area contributed by atoms with Crippen LogP contribution in [0.25, 0.3) is 0 Å². The summed E-state index contributed by atoms with van der Waals surface area (Å²) < 4.78 is 5.85. The van der Waals surface area contributed by atoms with Crippen molar-refractivity contribution >= 4 is 5.97 Å². The lowest BCUT2D eigenvalue weighted by atomic mass is 9.95. The number of ether oxygens (including phenoxy) is 1. The molecule has 2 aliphatic rings. The Kier molecular flexibility index (Phi) is 2.58. The first kappa shape index (κ1) is 12.5. The summed E-state index contributed by atoms with van der Waals surface area (Å²) >= 11 is 0. The number of aliphatic carboxylic acids is 1. The van der Waals surface area contributed by atoms with Crippen molar-refractivity contribution in [3.8, 4) is 11.5 Å². The molecule has 0 bridgehead atoms. The molecular weight excluding hydrogens is 264 g/mol. The Bertz CT molecular complexity index is 708. The van der Waals surface area contributed by atoms with Gasteiger partial charge in [-0.3, -0.25) is 4.79 Å². The zero-order valence-corrected chi connectivity index (χ0v) is 11.6. The summed E-state index contributed by atoms with van der Waals surface area (Å²) in [5.41, 5.74) is 2.37. The minimum absolute atomic E-state index is 0.0908. The number of rotatable bonds is 3. The van der Waals surface area contributed by atoms with Crippen LogP contribution >= 0.6 is 0 Å². The topological polar surface area (TPSA) is 46.5 Å². The Labute approximate surface area is 123 Å². The first-order valence-corrected chi connectivity index (χ1v) is 7.28. The molecule has 2 aromatic carbocycles. The molecule has 1 spiro atoms. The maximum Gasteiger partial charge on any atom is 0.307 e. The van der Waals surface area contributed by atoms with Crippen molar-refractivity contribution in [2.45, 2.75) is 24.7 Å². The number of aryl methyl sites for hydroxylation is 1. The molecule has 0 radical (unpaired) electrons. The third kappa shape index (κ3) is 1.92. The third-order valence-electron chi connectivity index (χ3n) is 4.81. The summed E-state index contributed by atoms with van der Waals surface area (Å²) in [7, 11) is 0. The van der Waals surface area contributed by atoms with E-state index >= 15 is 0 Å². The molecule has 1 saturated carbocycles. The predicted molar refractivity (Wildman–Crippen MR) is 78.7 cm³/mol. The fourth-order valence-corrected chi connectivity index (χ4v) is 3.65. The zero-order valence-electron chi connectivity index (χ0n) is 11.6. The monoisotopic (exact) mass is 280 g/mol. The van der Waals surface area contributed by atoms with Crippen LogP contribution in [-0.4, -0.2) is 11.1 Å². The van der Waals surface area contributed by atoms with Gasteiger partial charge in [-0.25, -0.2) is 0 Å². The SMILES string of the molecule is O=C(O)[C@@H]1C[C@]12CCc1cc(Oc3ccccc3)ccc12. The van der Waals surface area contributed by atoms with Crippen molar-refractivity contribution < 1.29 is 14.6 Å². The highest BCUT2D eigenvalue weighted by molar-refractivity contribution is 5.78. The van der Waals surface area contributed by atoms with Gasteiger partial charge in [0.05, 0.1) is 5.92 Å². The summed E-state index contributed by atoms with van der Waals surface area (Å²) in [6.07, 6.45) is 2.69. The molecule has 2 aromatic rings. The summed E-state index contributed by atoms with van der Waals surface area (Å²) in [6.45, 7) is 0. The summed E-state index contributed by atoms with van der Waals surface area (Å²) in [5.74, 6) is 0.789. The second-order valence-electron chi connectivity index (χ2n) is 5.99. The van der Waals surface area contributed by atoms with E-state index < -0.39 is 5.97 Å². The van der Waals surface area contributed by atoms with E-state index in [-0.39, 0.29) is 11.3 Å².